The smallest absolute Gasteiger partial charge is 0.419 e. The summed E-state index contributed by atoms with van der Waals surface area (Å²) in [6, 6.07) is 2.94. The Morgan fingerprint density at radius 3 is 2.39 bits per heavy atom. The molecule has 6 heteroatoms. The molecule has 0 aromatic heterocycles. The van der Waals surface area contributed by atoms with Gasteiger partial charge in [-0.1, -0.05) is 0 Å². The number of ether oxygens (including phenoxy) is 2. The predicted octanol–water partition coefficient (Wildman–Crippen LogP) is 3.28. The summed E-state index contributed by atoms with van der Waals surface area (Å²) in [5.74, 6) is -1.04. The Balaban J connectivity index is 3.15. The van der Waals surface area contributed by atoms with Crippen LogP contribution in [0.3, 0.4) is 0 Å². The minimum Gasteiger partial charge on any atom is -0.493 e. The molecule has 0 atom stereocenters. The maximum absolute atomic E-state index is 12.7. The van der Waals surface area contributed by atoms with Gasteiger partial charge in [-0.15, -0.1) is 0 Å². The Bertz CT molecular complexity index is 427. The van der Waals surface area contributed by atoms with Gasteiger partial charge in [-0.3, -0.25) is 0 Å². The number of alkyl halides is 3. The average Bonchev–Trinajstić information content (AvgIpc) is 2.28. The number of halogens is 3. The topological polar surface area (TPSA) is 35.5 Å². The second-order valence-corrected chi connectivity index (χ2v) is 3.36. The summed E-state index contributed by atoms with van der Waals surface area (Å²) < 4.78 is 47.6. The quantitative estimate of drug-likeness (QED) is 0.781. The van der Waals surface area contributed by atoms with Gasteiger partial charge in [0.1, 0.15) is 5.75 Å². The zero-order valence-electron chi connectivity index (χ0n) is 10.0. The molecule has 18 heavy (non-hydrogen) atoms. The van der Waals surface area contributed by atoms with Crippen LogP contribution in [-0.2, 0) is 10.9 Å². The van der Waals surface area contributed by atoms with E-state index in [4.69, 9.17) is 9.47 Å². The van der Waals surface area contributed by atoms with Crippen molar-refractivity contribution < 1.29 is 27.4 Å². The number of hydrogen-bond acceptors (Lipinski definition) is 3. The van der Waals surface area contributed by atoms with Gasteiger partial charge in [0.05, 0.1) is 24.3 Å². The first-order valence-electron chi connectivity index (χ1n) is 5.41. The van der Waals surface area contributed by atoms with Crippen LogP contribution in [0.4, 0.5) is 13.2 Å². The van der Waals surface area contributed by atoms with E-state index < -0.39 is 17.7 Å². The lowest BCUT2D eigenvalue weighted by molar-refractivity contribution is -0.138. The fraction of sp³-hybridized carbons (Fsp3) is 0.417. The molecule has 0 fully saturated rings. The molecule has 0 radical (unpaired) electrons. The van der Waals surface area contributed by atoms with Crippen LogP contribution in [0.5, 0.6) is 5.75 Å². The van der Waals surface area contributed by atoms with Gasteiger partial charge in [0.25, 0.3) is 0 Å². The zero-order chi connectivity index (χ0) is 13.8. The lowest BCUT2D eigenvalue weighted by atomic mass is 10.1. The molecule has 0 spiro atoms. The fourth-order valence-corrected chi connectivity index (χ4v) is 1.37. The molecule has 0 amide bonds. The van der Waals surface area contributed by atoms with Crippen molar-refractivity contribution in [2.75, 3.05) is 13.2 Å². The number of carbonyl (C=O) groups excluding carboxylic acids is 1. The first-order chi connectivity index (χ1) is 8.40. The van der Waals surface area contributed by atoms with E-state index in [1.807, 2.05) is 0 Å². The van der Waals surface area contributed by atoms with Crippen molar-refractivity contribution in [1.82, 2.24) is 0 Å². The Hall–Kier alpha value is -1.72. The third-order valence-corrected chi connectivity index (χ3v) is 2.10. The normalized spacial score (nSPS) is 11.2. The van der Waals surface area contributed by atoms with Crippen LogP contribution < -0.4 is 4.74 Å². The lowest BCUT2D eigenvalue weighted by Gasteiger charge is -2.14. The summed E-state index contributed by atoms with van der Waals surface area (Å²) in [6.45, 7) is 3.42. The highest BCUT2D eigenvalue weighted by Gasteiger charge is 2.34. The number of benzene rings is 1. The summed E-state index contributed by atoms with van der Waals surface area (Å²) in [6.07, 6.45) is -4.52. The molecule has 0 aliphatic carbocycles. The van der Waals surface area contributed by atoms with Crippen LogP contribution in [-0.4, -0.2) is 19.2 Å². The molecule has 1 rings (SSSR count). The van der Waals surface area contributed by atoms with E-state index in [0.29, 0.717) is 0 Å². The molecule has 0 saturated heterocycles. The van der Waals surface area contributed by atoms with Crippen LogP contribution in [0, 0.1) is 0 Å². The summed E-state index contributed by atoms with van der Waals surface area (Å²) in [7, 11) is 0. The van der Waals surface area contributed by atoms with Crippen LogP contribution >= 0.6 is 0 Å². The Morgan fingerprint density at radius 1 is 1.22 bits per heavy atom. The van der Waals surface area contributed by atoms with Gasteiger partial charge in [-0.2, -0.15) is 13.2 Å². The zero-order valence-corrected chi connectivity index (χ0v) is 10.0. The van der Waals surface area contributed by atoms with Crippen LogP contribution in [0.25, 0.3) is 0 Å². The highest BCUT2D eigenvalue weighted by Crippen LogP contribution is 2.36. The largest absolute Gasteiger partial charge is 0.493 e. The number of hydrogen-bond donors (Lipinski definition) is 0. The van der Waals surface area contributed by atoms with Crippen molar-refractivity contribution in [3.63, 3.8) is 0 Å². The Labute approximate surface area is 103 Å². The standard InChI is InChI=1S/C12H13F3O3/c1-3-17-10-7-8(11(16)18-4-2)5-6-9(10)12(13,14)15/h5-7H,3-4H2,1-2H3. The van der Waals surface area contributed by atoms with Gasteiger partial charge in [0.15, 0.2) is 0 Å². The molecular weight excluding hydrogens is 249 g/mol. The minimum atomic E-state index is -4.52. The second-order valence-electron chi connectivity index (χ2n) is 3.36. The molecule has 0 aliphatic heterocycles. The molecule has 1 aromatic rings. The molecular formula is C12H13F3O3. The molecule has 1 aromatic carbocycles. The molecule has 0 saturated carbocycles. The summed E-state index contributed by atoms with van der Waals surface area (Å²) in [4.78, 5) is 11.4. The van der Waals surface area contributed by atoms with Gasteiger partial charge in [-0.05, 0) is 32.0 Å². The molecule has 3 nitrogen and oxygen atoms in total. The first-order valence-corrected chi connectivity index (χ1v) is 5.41. The summed E-state index contributed by atoms with van der Waals surface area (Å²) >= 11 is 0. The molecule has 0 unspecified atom stereocenters. The van der Waals surface area contributed by atoms with Crippen molar-refractivity contribution in [1.29, 1.82) is 0 Å². The van der Waals surface area contributed by atoms with E-state index in [-0.39, 0.29) is 24.5 Å². The highest BCUT2D eigenvalue weighted by molar-refractivity contribution is 5.90. The Kier molecular flexibility index (Phi) is 4.58. The van der Waals surface area contributed by atoms with Gasteiger partial charge in [-0.25, -0.2) is 4.79 Å². The van der Waals surface area contributed by atoms with Crippen LogP contribution in [0.1, 0.15) is 29.8 Å². The van der Waals surface area contributed by atoms with E-state index in [1.165, 1.54) is 0 Å². The molecule has 0 heterocycles. The SMILES string of the molecule is CCOC(=O)c1ccc(C(F)(F)F)c(OCC)c1. The highest BCUT2D eigenvalue weighted by atomic mass is 19.4. The predicted molar refractivity (Wildman–Crippen MR) is 58.6 cm³/mol. The van der Waals surface area contributed by atoms with Gasteiger partial charge >= 0.3 is 12.1 Å². The van der Waals surface area contributed by atoms with E-state index in [2.05, 4.69) is 0 Å². The number of carbonyl (C=O) groups is 1. The first kappa shape index (κ1) is 14.3. The minimum absolute atomic E-state index is 0.0355. The van der Waals surface area contributed by atoms with Crippen LogP contribution in [0.2, 0.25) is 0 Å². The summed E-state index contributed by atoms with van der Waals surface area (Å²) in [5.41, 5.74) is -0.870. The third-order valence-electron chi connectivity index (χ3n) is 2.10. The maximum Gasteiger partial charge on any atom is 0.419 e. The van der Waals surface area contributed by atoms with Crippen molar-refractivity contribution in [3.8, 4) is 5.75 Å². The van der Waals surface area contributed by atoms with Crippen molar-refractivity contribution in [2.45, 2.75) is 20.0 Å². The van der Waals surface area contributed by atoms with Gasteiger partial charge < -0.3 is 9.47 Å². The molecule has 0 aliphatic rings. The van der Waals surface area contributed by atoms with Gasteiger partial charge in [0.2, 0.25) is 0 Å². The van der Waals surface area contributed by atoms with Crippen molar-refractivity contribution in [3.05, 3.63) is 29.3 Å². The van der Waals surface area contributed by atoms with Crippen molar-refractivity contribution >= 4 is 5.97 Å². The molecule has 100 valence electrons. The molecule has 0 N–H and O–H groups in total. The lowest BCUT2D eigenvalue weighted by Crippen LogP contribution is -2.11. The van der Waals surface area contributed by atoms with E-state index >= 15 is 0 Å². The average molecular weight is 262 g/mol. The summed E-state index contributed by atoms with van der Waals surface area (Å²) in [5, 5.41) is 0. The number of esters is 1. The van der Waals surface area contributed by atoms with E-state index in [1.54, 1.807) is 13.8 Å². The Morgan fingerprint density at radius 2 is 1.89 bits per heavy atom. The monoisotopic (exact) mass is 262 g/mol. The van der Waals surface area contributed by atoms with Crippen molar-refractivity contribution in [2.24, 2.45) is 0 Å². The van der Waals surface area contributed by atoms with Gasteiger partial charge in [0, 0.05) is 0 Å². The number of rotatable bonds is 4. The van der Waals surface area contributed by atoms with Crippen LogP contribution in [0.15, 0.2) is 18.2 Å². The second kappa shape index (κ2) is 5.75. The third kappa shape index (κ3) is 3.38. The molecule has 0 bridgehead atoms. The fourth-order valence-electron chi connectivity index (χ4n) is 1.37. The maximum atomic E-state index is 12.7. The van der Waals surface area contributed by atoms with E-state index in [9.17, 15) is 18.0 Å². The van der Waals surface area contributed by atoms with E-state index in [0.717, 1.165) is 18.2 Å².